The number of carbonyl (C=O) groups excluding carboxylic acids is 2. The molecule has 2 aliphatic rings. The van der Waals surface area contributed by atoms with E-state index in [9.17, 15) is 14.7 Å². The van der Waals surface area contributed by atoms with Gasteiger partial charge >= 0.3 is 0 Å². The van der Waals surface area contributed by atoms with Gasteiger partial charge in [0.15, 0.2) is 5.76 Å². The number of aliphatic hydroxyl groups excluding tert-OH is 1. The molecule has 0 spiro atoms. The number of hydrogen-bond acceptors (Lipinski definition) is 8. The van der Waals surface area contributed by atoms with E-state index < -0.39 is 17.7 Å². The summed E-state index contributed by atoms with van der Waals surface area (Å²) in [5.41, 5.74) is 1.25. The zero-order valence-corrected chi connectivity index (χ0v) is 18.5. The van der Waals surface area contributed by atoms with Crippen LogP contribution in [-0.4, -0.2) is 76.0 Å². The van der Waals surface area contributed by atoms with Gasteiger partial charge in [0.1, 0.15) is 6.04 Å². The smallest absolute Gasteiger partial charge is 0.290 e. The lowest BCUT2D eigenvalue weighted by atomic mass is 9.98. The molecule has 9 heteroatoms. The number of hydrogen-bond donors (Lipinski definition) is 1. The third-order valence-electron chi connectivity index (χ3n) is 5.60. The molecule has 8 nitrogen and oxygen atoms in total. The molecule has 4 heterocycles. The van der Waals surface area contributed by atoms with Crippen LogP contribution >= 0.6 is 11.3 Å². The first kappa shape index (κ1) is 21.6. The van der Waals surface area contributed by atoms with Crippen LogP contribution in [0.1, 0.15) is 38.5 Å². The minimum absolute atomic E-state index is 0.0850. The summed E-state index contributed by atoms with van der Waals surface area (Å²) in [6.45, 7) is 8.00. The Morgan fingerprint density at radius 2 is 2.03 bits per heavy atom. The van der Waals surface area contributed by atoms with Gasteiger partial charge in [-0.1, -0.05) is 6.07 Å². The van der Waals surface area contributed by atoms with E-state index in [1.54, 1.807) is 30.2 Å². The molecule has 0 aromatic carbocycles. The van der Waals surface area contributed by atoms with Gasteiger partial charge in [-0.3, -0.25) is 19.5 Å². The highest BCUT2D eigenvalue weighted by Gasteiger charge is 2.44. The summed E-state index contributed by atoms with van der Waals surface area (Å²) in [6, 6.07) is 4.67. The van der Waals surface area contributed by atoms with Crippen LogP contribution in [0, 0.1) is 13.8 Å². The van der Waals surface area contributed by atoms with Crippen LogP contribution in [-0.2, 0) is 9.53 Å². The van der Waals surface area contributed by atoms with Crippen molar-refractivity contribution in [2.24, 2.45) is 0 Å². The van der Waals surface area contributed by atoms with E-state index in [1.165, 1.54) is 11.3 Å². The average Bonchev–Trinajstić information content (AvgIpc) is 3.25. The SMILES string of the molecule is Cc1nc(C)c(C(=O)C2=C(O)C(=O)N(CCCN3CCOCC3)C2c2ccccn2)s1. The maximum atomic E-state index is 13.4. The van der Waals surface area contributed by atoms with Crippen molar-refractivity contribution in [1.29, 1.82) is 0 Å². The highest BCUT2D eigenvalue weighted by molar-refractivity contribution is 7.14. The van der Waals surface area contributed by atoms with Crippen LogP contribution in [0.5, 0.6) is 0 Å². The van der Waals surface area contributed by atoms with Crippen LogP contribution in [0.2, 0.25) is 0 Å². The van der Waals surface area contributed by atoms with E-state index in [0.717, 1.165) is 31.1 Å². The first-order valence-corrected chi connectivity index (χ1v) is 11.2. The number of aryl methyl sites for hydroxylation is 2. The van der Waals surface area contributed by atoms with E-state index in [-0.39, 0.29) is 11.4 Å². The molecule has 31 heavy (non-hydrogen) atoms. The van der Waals surface area contributed by atoms with Crippen molar-refractivity contribution in [3.8, 4) is 0 Å². The number of carbonyl (C=O) groups is 2. The van der Waals surface area contributed by atoms with E-state index in [4.69, 9.17) is 4.74 Å². The number of nitrogens with zero attached hydrogens (tertiary/aromatic N) is 4. The molecule has 2 aromatic rings. The van der Waals surface area contributed by atoms with Gasteiger partial charge in [-0.05, 0) is 32.4 Å². The van der Waals surface area contributed by atoms with Crippen molar-refractivity contribution in [3.05, 3.63) is 57.0 Å². The fraction of sp³-hybridized carbons (Fsp3) is 0.455. The number of ketones is 1. The quantitative estimate of drug-likeness (QED) is 0.658. The Kier molecular flexibility index (Phi) is 6.45. The molecule has 1 amide bonds. The predicted octanol–water partition coefficient (Wildman–Crippen LogP) is 2.46. The standard InChI is InChI=1S/C22H26N4O4S/c1-14-21(31-15(2)24-14)19(27)17-18(16-6-3-4-7-23-16)26(22(29)20(17)28)9-5-8-25-10-12-30-13-11-25/h3-4,6-7,18,28H,5,8-13H2,1-2H3. The van der Waals surface area contributed by atoms with Crippen LogP contribution < -0.4 is 0 Å². The summed E-state index contributed by atoms with van der Waals surface area (Å²) in [4.78, 5) is 39.4. The molecule has 1 saturated heterocycles. The minimum atomic E-state index is -0.715. The van der Waals surface area contributed by atoms with E-state index in [1.807, 2.05) is 13.0 Å². The molecular weight excluding hydrogens is 416 g/mol. The number of aliphatic hydroxyl groups is 1. The maximum absolute atomic E-state index is 13.4. The molecular formula is C22H26N4O4S. The summed E-state index contributed by atoms with van der Waals surface area (Å²) >= 11 is 1.27. The second kappa shape index (κ2) is 9.25. The molecule has 2 aromatic heterocycles. The first-order valence-electron chi connectivity index (χ1n) is 10.4. The van der Waals surface area contributed by atoms with Crippen LogP contribution in [0.15, 0.2) is 35.7 Å². The molecule has 1 N–H and O–H groups in total. The number of rotatable bonds is 7. The van der Waals surface area contributed by atoms with Gasteiger partial charge in [0.05, 0.1) is 40.1 Å². The minimum Gasteiger partial charge on any atom is -0.503 e. The van der Waals surface area contributed by atoms with Gasteiger partial charge < -0.3 is 14.7 Å². The maximum Gasteiger partial charge on any atom is 0.290 e. The number of amides is 1. The monoisotopic (exact) mass is 442 g/mol. The molecule has 0 bridgehead atoms. The zero-order valence-electron chi connectivity index (χ0n) is 17.7. The van der Waals surface area contributed by atoms with Crippen molar-refractivity contribution in [1.82, 2.24) is 19.8 Å². The first-order chi connectivity index (χ1) is 15.0. The lowest BCUT2D eigenvalue weighted by Crippen LogP contribution is -2.39. The number of morpholine rings is 1. The van der Waals surface area contributed by atoms with Gasteiger partial charge in [-0.15, -0.1) is 11.3 Å². The third-order valence-corrected chi connectivity index (χ3v) is 6.67. The summed E-state index contributed by atoms with van der Waals surface area (Å²) in [6.07, 6.45) is 2.35. The van der Waals surface area contributed by atoms with Crippen LogP contribution in [0.3, 0.4) is 0 Å². The van der Waals surface area contributed by atoms with Gasteiger partial charge in [-0.25, -0.2) is 4.98 Å². The number of pyridine rings is 1. The predicted molar refractivity (Wildman–Crippen MR) is 116 cm³/mol. The Labute approximate surface area is 185 Å². The zero-order chi connectivity index (χ0) is 22.0. The largest absolute Gasteiger partial charge is 0.503 e. The summed E-state index contributed by atoms with van der Waals surface area (Å²) in [5, 5.41) is 11.5. The number of thiazole rings is 1. The second-order valence-corrected chi connectivity index (χ2v) is 8.91. The Morgan fingerprint density at radius 3 is 2.68 bits per heavy atom. The van der Waals surface area contributed by atoms with Crippen molar-refractivity contribution in [2.45, 2.75) is 26.3 Å². The van der Waals surface area contributed by atoms with Gasteiger partial charge in [0.2, 0.25) is 5.78 Å². The summed E-state index contributed by atoms with van der Waals surface area (Å²) in [5.74, 6) is -1.38. The van der Waals surface area contributed by atoms with Crippen molar-refractivity contribution >= 4 is 23.0 Å². The lowest BCUT2D eigenvalue weighted by molar-refractivity contribution is -0.129. The highest BCUT2D eigenvalue weighted by atomic mass is 32.1. The van der Waals surface area contributed by atoms with Crippen molar-refractivity contribution in [2.75, 3.05) is 39.4 Å². The number of ether oxygens (including phenoxy) is 1. The molecule has 164 valence electrons. The van der Waals surface area contributed by atoms with Gasteiger partial charge in [-0.2, -0.15) is 0 Å². The molecule has 4 rings (SSSR count). The van der Waals surface area contributed by atoms with Crippen LogP contribution in [0.4, 0.5) is 0 Å². The van der Waals surface area contributed by atoms with Gasteiger partial charge in [0, 0.05) is 32.4 Å². The van der Waals surface area contributed by atoms with E-state index >= 15 is 0 Å². The third kappa shape index (κ3) is 4.39. The summed E-state index contributed by atoms with van der Waals surface area (Å²) in [7, 11) is 0. The number of Topliss-reactive ketones (excluding diaryl/α,β-unsaturated/α-hetero) is 1. The van der Waals surface area contributed by atoms with E-state index in [0.29, 0.717) is 36.0 Å². The summed E-state index contributed by atoms with van der Waals surface area (Å²) < 4.78 is 5.38. The molecule has 1 unspecified atom stereocenters. The molecule has 2 aliphatic heterocycles. The Bertz CT molecular complexity index is 998. The molecule has 1 fully saturated rings. The fourth-order valence-corrected chi connectivity index (χ4v) is 4.99. The average molecular weight is 443 g/mol. The normalized spacial score (nSPS) is 20.0. The topological polar surface area (TPSA) is 95.9 Å². The second-order valence-electron chi connectivity index (χ2n) is 7.70. The molecule has 0 aliphatic carbocycles. The Hall–Kier alpha value is -2.62. The van der Waals surface area contributed by atoms with Crippen molar-refractivity contribution < 1.29 is 19.4 Å². The molecule has 0 saturated carbocycles. The fourth-order valence-electron chi connectivity index (χ4n) is 4.12. The van der Waals surface area contributed by atoms with E-state index in [2.05, 4.69) is 14.9 Å². The lowest BCUT2D eigenvalue weighted by Gasteiger charge is -2.29. The Morgan fingerprint density at radius 1 is 1.26 bits per heavy atom. The molecule has 1 atom stereocenters. The Balaban J connectivity index is 1.61. The molecule has 0 radical (unpaired) electrons. The highest BCUT2D eigenvalue weighted by Crippen LogP contribution is 2.39. The number of aromatic nitrogens is 2. The van der Waals surface area contributed by atoms with Crippen LogP contribution in [0.25, 0.3) is 0 Å². The van der Waals surface area contributed by atoms with Gasteiger partial charge in [0.25, 0.3) is 5.91 Å². The van der Waals surface area contributed by atoms with Crippen molar-refractivity contribution in [3.63, 3.8) is 0 Å².